The van der Waals surface area contributed by atoms with Gasteiger partial charge in [-0.05, 0) is 57.7 Å². The van der Waals surface area contributed by atoms with Gasteiger partial charge < -0.3 is 5.73 Å². The second-order valence-corrected chi connectivity index (χ2v) is 8.17. The van der Waals surface area contributed by atoms with E-state index < -0.39 is 0 Å². The molecule has 0 aliphatic rings. The molecule has 0 amide bonds. The Kier molecular flexibility index (Phi) is 6.08. The molecule has 1 aromatic carbocycles. The van der Waals surface area contributed by atoms with E-state index in [1.165, 1.54) is 5.56 Å². The van der Waals surface area contributed by atoms with Crippen LogP contribution in [0.1, 0.15) is 17.2 Å². The molecule has 20 heavy (non-hydrogen) atoms. The van der Waals surface area contributed by atoms with Crippen molar-refractivity contribution in [2.45, 2.75) is 12.6 Å². The minimum atomic E-state index is 0.153. The molecule has 1 atom stereocenters. The average molecular weight is 439 g/mol. The van der Waals surface area contributed by atoms with Crippen molar-refractivity contribution in [1.29, 1.82) is 0 Å². The summed E-state index contributed by atoms with van der Waals surface area (Å²) in [6.07, 6.45) is 0. The van der Waals surface area contributed by atoms with Gasteiger partial charge in [-0.25, -0.2) is 0 Å². The Morgan fingerprint density at radius 2 is 2.10 bits per heavy atom. The normalized spacial score (nSPS) is 12.9. The quantitative estimate of drug-likeness (QED) is 0.707. The molecular weight excluding hydrogens is 423 g/mol. The lowest BCUT2D eigenvalue weighted by molar-refractivity contribution is 0.241. The van der Waals surface area contributed by atoms with Crippen LogP contribution < -0.4 is 5.73 Å². The van der Waals surface area contributed by atoms with E-state index in [9.17, 15) is 0 Å². The van der Waals surface area contributed by atoms with Crippen molar-refractivity contribution in [3.8, 4) is 0 Å². The van der Waals surface area contributed by atoms with Crippen LogP contribution in [0, 0.1) is 0 Å². The van der Waals surface area contributed by atoms with Gasteiger partial charge in [-0.3, -0.25) is 4.90 Å². The number of hydrogen-bond donors (Lipinski definition) is 1. The third-order valence-corrected chi connectivity index (χ3v) is 5.61. The van der Waals surface area contributed by atoms with Crippen molar-refractivity contribution in [2.24, 2.45) is 5.73 Å². The summed E-state index contributed by atoms with van der Waals surface area (Å²) in [5, 5.41) is 2.88. The molecular formula is C14H15Br2ClN2S. The van der Waals surface area contributed by atoms with Gasteiger partial charge in [0.2, 0.25) is 0 Å². The monoisotopic (exact) mass is 436 g/mol. The van der Waals surface area contributed by atoms with E-state index in [0.29, 0.717) is 6.54 Å². The molecule has 0 spiro atoms. The molecule has 2 N–H and O–H groups in total. The first-order valence-corrected chi connectivity index (χ1v) is 8.93. The molecule has 0 saturated heterocycles. The summed E-state index contributed by atoms with van der Waals surface area (Å²) < 4.78 is 2.15. The zero-order valence-corrected chi connectivity index (χ0v) is 15.7. The number of nitrogens with zero attached hydrogens (tertiary/aromatic N) is 1. The van der Waals surface area contributed by atoms with Crippen LogP contribution >= 0.6 is 54.8 Å². The Morgan fingerprint density at radius 1 is 1.35 bits per heavy atom. The van der Waals surface area contributed by atoms with Gasteiger partial charge in [-0.2, -0.15) is 0 Å². The molecule has 6 heteroatoms. The van der Waals surface area contributed by atoms with Crippen LogP contribution in [0.25, 0.3) is 0 Å². The first-order valence-electron chi connectivity index (χ1n) is 6.09. The maximum absolute atomic E-state index is 6.00. The minimum absolute atomic E-state index is 0.153. The van der Waals surface area contributed by atoms with Crippen molar-refractivity contribution >= 4 is 54.8 Å². The number of thiophene rings is 1. The van der Waals surface area contributed by atoms with E-state index in [1.807, 2.05) is 18.2 Å². The molecule has 108 valence electrons. The van der Waals surface area contributed by atoms with Crippen LogP contribution in [0.5, 0.6) is 0 Å². The van der Waals surface area contributed by atoms with Gasteiger partial charge in [0.25, 0.3) is 0 Å². The summed E-state index contributed by atoms with van der Waals surface area (Å²) in [6, 6.07) is 8.14. The molecule has 0 radical (unpaired) electrons. The molecule has 2 aromatic rings. The highest BCUT2D eigenvalue weighted by Crippen LogP contribution is 2.30. The van der Waals surface area contributed by atoms with E-state index in [1.54, 1.807) is 11.3 Å². The van der Waals surface area contributed by atoms with E-state index >= 15 is 0 Å². The largest absolute Gasteiger partial charge is 0.329 e. The molecule has 0 aliphatic carbocycles. The standard InChI is InChI=1S/C14H15Br2ClN2S/c1-19(7-9-4-14(16)20-8-9)13(6-18)11-3-2-10(17)5-12(11)15/h2-5,8,13H,6-7,18H2,1H3. The Labute approximate surface area is 145 Å². The molecule has 0 saturated carbocycles. The number of halogens is 3. The average Bonchev–Trinajstić information content (AvgIpc) is 2.78. The molecule has 1 aromatic heterocycles. The number of benzene rings is 1. The van der Waals surface area contributed by atoms with Gasteiger partial charge in [0.15, 0.2) is 0 Å². The summed E-state index contributed by atoms with van der Waals surface area (Å²) in [7, 11) is 2.09. The maximum Gasteiger partial charge on any atom is 0.0701 e. The molecule has 2 nitrogen and oxygen atoms in total. The summed E-state index contributed by atoms with van der Waals surface area (Å²) in [4.78, 5) is 2.25. The molecule has 0 fully saturated rings. The summed E-state index contributed by atoms with van der Waals surface area (Å²) in [6.45, 7) is 1.42. The number of likely N-dealkylation sites (N-methyl/N-ethyl adjacent to an activating group) is 1. The van der Waals surface area contributed by atoms with Crippen LogP contribution in [0.3, 0.4) is 0 Å². The maximum atomic E-state index is 6.00. The predicted molar refractivity (Wildman–Crippen MR) is 94.4 cm³/mol. The fraction of sp³-hybridized carbons (Fsp3) is 0.286. The zero-order valence-electron chi connectivity index (χ0n) is 10.9. The van der Waals surface area contributed by atoms with Crippen LogP contribution in [-0.2, 0) is 6.54 Å². The number of rotatable bonds is 5. The van der Waals surface area contributed by atoms with Crippen molar-refractivity contribution in [2.75, 3.05) is 13.6 Å². The summed E-state index contributed by atoms with van der Waals surface area (Å²) in [5.74, 6) is 0. The zero-order chi connectivity index (χ0) is 14.7. The Morgan fingerprint density at radius 3 is 2.65 bits per heavy atom. The Hall–Kier alpha value is 0.0900. The Balaban J connectivity index is 2.18. The topological polar surface area (TPSA) is 29.3 Å². The van der Waals surface area contributed by atoms with Gasteiger partial charge in [0, 0.05) is 28.6 Å². The van der Waals surface area contributed by atoms with E-state index in [2.05, 4.69) is 55.3 Å². The molecule has 0 aliphatic heterocycles. The fourth-order valence-corrected chi connectivity index (χ4v) is 4.29. The van der Waals surface area contributed by atoms with Crippen LogP contribution in [0.4, 0.5) is 0 Å². The number of nitrogens with two attached hydrogens (primary N) is 1. The fourth-order valence-electron chi connectivity index (χ4n) is 2.14. The summed E-state index contributed by atoms with van der Waals surface area (Å²) in [5.41, 5.74) is 8.42. The predicted octanol–water partition coefficient (Wildman–Crippen LogP) is 5.06. The molecule has 1 unspecified atom stereocenters. The van der Waals surface area contributed by atoms with Gasteiger partial charge in [0.05, 0.1) is 3.79 Å². The van der Waals surface area contributed by atoms with Crippen LogP contribution in [0.2, 0.25) is 5.02 Å². The van der Waals surface area contributed by atoms with Crippen LogP contribution in [-0.4, -0.2) is 18.5 Å². The first-order chi connectivity index (χ1) is 9.51. The number of hydrogen-bond acceptors (Lipinski definition) is 3. The highest BCUT2D eigenvalue weighted by Gasteiger charge is 2.18. The highest BCUT2D eigenvalue weighted by molar-refractivity contribution is 9.11. The van der Waals surface area contributed by atoms with Crippen LogP contribution in [0.15, 0.2) is 37.9 Å². The van der Waals surface area contributed by atoms with Gasteiger partial charge >= 0.3 is 0 Å². The summed E-state index contributed by atoms with van der Waals surface area (Å²) >= 11 is 14.8. The molecule has 1 heterocycles. The van der Waals surface area contributed by atoms with Crippen molar-refractivity contribution in [3.05, 3.63) is 54.1 Å². The van der Waals surface area contributed by atoms with E-state index in [0.717, 1.165) is 25.4 Å². The van der Waals surface area contributed by atoms with Crippen molar-refractivity contribution in [3.63, 3.8) is 0 Å². The smallest absolute Gasteiger partial charge is 0.0701 e. The lowest BCUT2D eigenvalue weighted by atomic mass is 10.1. The second-order valence-electron chi connectivity index (χ2n) is 4.59. The van der Waals surface area contributed by atoms with Gasteiger partial charge in [0.1, 0.15) is 0 Å². The highest BCUT2D eigenvalue weighted by atomic mass is 79.9. The van der Waals surface area contributed by atoms with Gasteiger partial charge in [-0.1, -0.05) is 33.6 Å². The molecule has 0 bridgehead atoms. The third kappa shape index (κ3) is 4.06. The third-order valence-electron chi connectivity index (χ3n) is 3.13. The lowest BCUT2D eigenvalue weighted by Crippen LogP contribution is -2.30. The van der Waals surface area contributed by atoms with E-state index in [4.69, 9.17) is 17.3 Å². The Bertz CT molecular complexity index is 588. The molecule has 2 rings (SSSR count). The van der Waals surface area contributed by atoms with Crippen molar-refractivity contribution in [1.82, 2.24) is 4.90 Å². The first kappa shape index (κ1) is 16.5. The minimum Gasteiger partial charge on any atom is -0.329 e. The van der Waals surface area contributed by atoms with E-state index in [-0.39, 0.29) is 6.04 Å². The van der Waals surface area contributed by atoms with Gasteiger partial charge in [-0.15, -0.1) is 11.3 Å². The second kappa shape index (κ2) is 7.38. The lowest BCUT2D eigenvalue weighted by Gasteiger charge is -2.28. The van der Waals surface area contributed by atoms with Crippen molar-refractivity contribution < 1.29 is 0 Å². The SMILES string of the molecule is CN(Cc1csc(Br)c1)C(CN)c1ccc(Cl)cc1Br.